The van der Waals surface area contributed by atoms with E-state index in [1.54, 1.807) is 0 Å². The summed E-state index contributed by atoms with van der Waals surface area (Å²) in [5.74, 6) is 0.281. The van der Waals surface area contributed by atoms with E-state index in [1.165, 1.54) is 10.6 Å². The van der Waals surface area contributed by atoms with Crippen LogP contribution in [0.15, 0.2) is 18.2 Å². The first-order valence-electron chi connectivity index (χ1n) is 7.77. The number of nitrogens with zero attached hydrogens (tertiary/aromatic N) is 1. The van der Waals surface area contributed by atoms with Gasteiger partial charge in [-0.05, 0) is 43.0 Å². The van der Waals surface area contributed by atoms with Crippen LogP contribution in [0.25, 0.3) is 0 Å². The summed E-state index contributed by atoms with van der Waals surface area (Å²) in [5.41, 5.74) is 2.88. The minimum Gasteiger partial charge on any atom is -0.316 e. The summed E-state index contributed by atoms with van der Waals surface area (Å²) < 4.78 is 24.8. The molecule has 1 aromatic rings. The van der Waals surface area contributed by atoms with Crippen molar-refractivity contribution in [2.45, 2.75) is 25.8 Å². The molecule has 0 amide bonds. The lowest BCUT2D eigenvalue weighted by atomic mass is 9.88. The number of nitrogens with one attached hydrogen (secondary N) is 1. The number of carbonyl (C=O) groups is 1. The topological polar surface area (TPSA) is 66.5 Å². The quantitative estimate of drug-likeness (QED) is 0.834. The van der Waals surface area contributed by atoms with Crippen molar-refractivity contribution < 1.29 is 13.2 Å². The molecular weight excluding hydrogens is 336 g/mol. The number of ketones is 1. The maximum atomic E-state index is 12.6. The average Bonchev–Trinajstić information content (AvgIpc) is 2.53. The van der Waals surface area contributed by atoms with E-state index in [4.69, 9.17) is 0 Å². The van der Waals surface area contributed by atoms with Gasteiger partial charge in [0.2, 0.25) is 10.0 Å². The SMILES string of the molecule is CS(=O)(=O)N1CCc2cc(C(=O)C3CCCNC3)ccc2C1.Cl. The summed E-state index contributed by atoms with van der Waals surface area (Å²) >= 11 is 0. The van der Waals surface area contributed by atoms with Crippen molar-refractivity contribution in [1.29, 1.82) is 0 Å². The van der Waals surface area contributed by atoms with Crippen LogP contribution in [-0.4, -0.2) is 44.4 Å². The molecule has 0 aromatic heterocycles. The third-order valence-electron chi connectivity index (χ3n) is 4.60. The lowest BCUT2D eigenvalue weighted by Gasteiger charge is -2.27. The Balaban J connectivity index is 0.00000192. The monoisotopic (exact) mass is 358 g/mol. The van der Waals surface area contributed by atoms with E-state index in [9.17, 15) is 13.2 Å². The highest BCUT2D eigenvalue weighted by molar-refractivity contribution is 7.88. The van der Waals surface area contributed by atoms with E-state index in [2.05, 4.69) is 5.32 Å². The third kappa shape index (κ3) is 4.12. The van der Waals surface area contributed by atoms with Crippen molar-refractivity contribution >= 4 is 28.2 Å². The van der Waals surface area contributed by atoms with Crippen LogP contribution in [0.2, 0.25) is 0 Å². The number of fused-ring (bicyclic) bond motifs is 1. The van der Waals surface area contributed by atoms with E-state index >= 15 is 0 Å². The van der Waals surface area contributed by atoms with Crippen LogP contribution in [0.1, 0.15) is 34.3 Å². The van der Waals surface area contributed by atoms with Gasteiger partial charge >= 0.3 is 0 Å². The molecule has 2 aliphatic heterocycles. The third-order valence-corrected chi connectivity index (χ3v) is 5.85. The number of carbonyl (C=O) groups excluding carboxylic acids is 1. The molecule has 0 bridgehead atoms. The van der Waals surface area contributed by atoms with Crippen LogP contribution in [0.4, 0.5) is 0 Å². The van der Waals surface area contributed by atoms with Gasteiger partial charge in [-0.25, -0.2) is 8.42 Å². The van der Waals surface area contributed by atoms with Gasteiger partial charge in [-0.2, -0.15) is 4.31 Å². The molecule has 3 rings (SSSR count). The molecule has 2 heterocycles. The molecule has 7 heteroatoms. The molecule has 0 aliphatic carbocycles. The van der Waals surface area contributed by atoms with E-state index in [0.29, 0.717) is 19.5 Å². The van der Waals surface area contributed by atoms with Gasteiger partial charge in [0.15, 0.2) is 5.78 Å². The highest BCUT2D eigenvalue weighted by Gasteiger charge is 2.26. The van der Waals surface area contributed by atoms with E-state index < -0.39 is 10.0 Å². The first-order chi connectivity index (χ1) is 10.4. The average molecular weight is 359 g/mol. The first-order valence-corrected chi connectivity index (χ1v) is 9.62. The fourth-order valence-corrected chi connectivity index (χ4v) is 4.07. The summed E-state index contributed by atoms with van der Waals surface area (Å²) in [4.78, 5) is 12.6. The number of rotatable bonds is 3. The van der Waals surface area contributed by atoms with Crippen LogP contribution in [0, 0.1) is 5.92 Å². The maximum Gasteiger partial charge on any atom is 0.211 e. The molecule has 1 atom stereocenters. The van der Waals surface area contributed by atoms with Crippen molar-refractivity contribution in [1.82, 2.24) is 9.62 Å². The van der Waals surface area contributed by atoms with Crippen molar-refractivity contribution in [3.63, 3.8) is 0 Å². The Kier molecular flexibility index (Phi) is 5.84. The summed E-state index contributed by atoms with van der Waals surface area (Å²) in [5, 5.41) is 3.28. The standard InChI is InChI=1S/C16H22N2O3S.ClH/c1-22(20,21)18-8-6-12-9-13(4-5-15(12)11-18)16(19)14-3-2-7-17-10-14;/h4-5,9,14,17H,2-3,6-8,10-11H2,1H3;1H. The Hall–Kier alpha value is -0.950. The molecule has 0 spiro atoms. The van der Waals surface area contributed by atoms with E-state index in [-0.39, 0.29) is 24.1 Å². The zero-order valence-electron chi connectivity index (χ0n) is 13.2. The highest BCUT2D eigenvalue weighted by Crippen LogP contribution is 2.24. The summed E-state index contributed by atoms with van der Waals surface area (Å²) in [7, 11) is -3.15. The van der Waals surface area contributed by atoms with Crippen molar-refractivity contribution in [3.05, 3.63) is 34.9 Å². The predicted octanol–water partition coefficient (Wildman–Crippen LogP) is 1.61. The fourth-order valence-electron chi connectivity index (χ4n) is 3.27. The second-order valence-electron chi connectivity index (χ2n) is 6.24. The van der Waals surface area contributed by atoms with Crippen molar-refractivity contribution in [2.24, 2.45) is 5.92 Å². The summed E-state index contributed by atoms with van der Waals surface area (Å²) in [6.45, 7) is 2.66. The second-order valence-corrected chi connectivity index (χ2v) is 8.22. The van der Waals surface area contributed by atoms with Crippen LogP contribution in [0.5, 0.6) is 0 Å². The molecule has 23 heavy (non-hydrogen) atoms. The van der Waals surface area contributed by atoms with Gasteiger partial charge in [-0.3, -0.25) is 4.79 Å². The van der Waals surface area contributed by atoms with Gasteiger partial charge in [0.05, 0.1) is 6.26 Å². The highest BCUT2D eigenvalue weighted by atomic mass is 35.5. The Bertz CT molecular complexity index is 685. The molecule has 0 radical (unpaired) electrons. The Labute approximate surface area is 143 Å². The molecule has 128 valence electrons. The van der Waals surface area contributed by atoms with E-state index in [1.807, 2.05) is 18.2 Å². The molecule has 1 aromatic carbocycles. The molecule has 1 fully saturated rings. The molecule has 5 nitrogen and oxygen atoms in total. The number of sulfonamides is 1. The second kappa shape index (κ2) is 7.30. The first kappa shape index (κ1) is 18.4. The van der Waals surface area contributed by atoms with Gasteiger partial charge in [-0.15, -0.1) is 12.4 Å². The van der Waals surface area contributed by atoms with Gasteiger partial charge in [0.1, 0.15) is 0 Å². The Morgan fingerprint density at radius 1 is 1.30 bits per heavy atom. The zero-order chi connectivity index (χ0) is 15.7. The molecule has 1 unspecified atom stereocenters. The summed E-state index contributed by atoms with van der Waals surface area (Å²) in [6, 6.07) is 5.73. The maximum absolute atomic E-state index is 12.6. The zero-order valence-corrected chi connectivity index (χ0v) is 14.9. The lowest BCUT2D eigenvalue weighted by molar-refractivity contribution is 0.0899. The Morgan fingerprint density at radius 3 is 2.74 bits per heavy atom. The van der Waals surface area contributed by atoms with Crippen LogP contribution in [-0.2, 0) is 23.0 Å². The van der Waals surface area contributed by atoms with Crippen LogP contribution in [0.3, 0.4) is 0 Å². The minimum absolute atomic E-state index is 0. The van der Waals surface area contributed by atoms with Gasteiger partial charge in [-0.1, -0.05) is 12.1 Å². The normalized spacial score (nSPS) is 22.0. The van der Waals surface area contributed by atoms with Gasteiger partial charge < -0.3 is 5.32 Å². The number of hydrogen-bond acceptors (Lipinski definition) is 4. The van der Waals surface area contributed by atoms with Crippen molar-refractivity contribution in [3.8, 4) is 0 Å². The van der Waals surface area contributed by atoms with Crippen molar-refractivity contribution in [2.75, 3.05) is 25.9 Å². The lowest BCUT2D eigenvalue weighted by Crippen LogP contribution is -2.36. The smallest absolute Gasteiger partial charge is 0.211 e. The largest absolute Gasteiger partial charge is 0.316 e. The van der Waals surface area contributed by atoms with Crippen LogP contribution < -0.4 is 5.32 Å². The number of halogens is 1. The molecular formula is C16H23ClN2O3S. The number of piperidine rings is 1. The molecule has 2 aliphatic rings. The fraction of sp³-hybridized carbons (Fsp3) is 0.562. The Morgan fingerprint density at radius 2 is 2.09 bits per heavy atom. The molecule has 1 N–H and O–H groups in total. The number of Topliss-reactive ketones (excluding diaryl/α,β-unsaturated/α-hetero) is 1. The predicted molar refractivity (Wildman–Crippen MR) is 92.6 cm³/mol. The molecule has 1 saturated heterocycles. The van der Waals surface area contributed by atoms with E-state index in [0.717, 1.165) is 42.6 Å². The number of hydrogen-bond donors (Lipinski definition) is 1. The van der Waals surface area contributed by atoms with Gasteiger partial charge in [0, 0.05) is 31.1 Å². The molecule has 0 saturated carbocycles. The summed E-state index contributed by atoms with van der Waals surface area (Å²) in [6.07, 6.45) is 3.91. The minimum atomic E-state index is -3.15. The van der Waals surface area contributed by atoms with Crippen LogP contribution >= 0.6 is 12.4 Å². The van der Waals surface area contributed by atoms with Gasteiger partial charge in [0.25, 0.3) is 0 Å². The number of benzene rings is 1.